The van der Waals surface area contributed by atoms with Gasteiger partial charge in [-0.2, -0.15) is 0 Å². The molecule has 2 rings (SSSR count). The number of hydrogen-bond acceptors (Lipinski definition) is 0. The Labute approximate surface area is 132 Å². The highest BCUT2D eigenvalue weighted by Crippen LogP contribution is 2.39. The summed E-state index contributed by atoms with van der Waals surface area (Å²) in [4.78, 5) is 0.224. The number of rotatable bonds is 2. The van der Waals surface area contributed by atoms with E-state index in [2.05, 4.69) is 89.9 Å². The zero-order valence-corrected chi connectivity index (χ0v) is 14.9. The van der Waals surface area contributed by atoms with Crippen LogP contribution in [0, 0.1) is 27.7 Å². The summed E-state index contributed by atoms with van der Waals surface area (Å²) in [5.41, 5.74) is 7.93. The highest BCUT2D eigenvalue weighted by molar-refractivity contribution is 9.11. The predicted octanol–water partition coefficient (Wildman–Crippen LogP) is 6.17. The van der Waals surface area contributed by atoms with E-state index in [1.165, 1.54) is 37.9 Å². The third-order valence-electron chi connectivity index (χ3n) is 3.49. The first-order chi connectivity index (χ1) is 8.91. The van der Waals surface area contributed by atoms with Gasteiger partial charge in [0.1, 0.15) is 0 Å². The second-order valence-electron chi connectivity index (χ2n) is 5.15. The van der Waals surface area contributed by atoms with Gasteiger partial charge in [-0.15, -0.1) is 0 Å². The topological polar surface area (TPSA) is 0 Å². The average Bonchev–Trinajstić information content (AvgIpc) is 2.31. The van der Waals surface area contributed by atoms with E-state index in [0.29, 0.717) is 0 Å². The quantitative estimate of drug-likeness (QED) is 0.546. The number of aryl methyl sites for hydroxylation is 4. The molecule has 0 fully saturated rings. The van der Waals surface area contributed by atoms with E-state index in [4.69, 9.17) is 0 Å². The van der Waals surface area contributed by atoms with E-state index in [0.717, 1.165) is 0 Å². The summed E-state index contributed by atoms with van der Waals surface area (Å²) in [6.45, 7) is 8.65. The van der Waals surface area contributed by atoms with Gasteiger partial charge in [-0.3, -0.25) is 0 Å². The molecule has 0 spiro atoms. The zero-order chi connectivity index (χ0) is 14.2. The van der Waals surface area contributed by atoms with Crippen molar-refractivity contribution in [2.75, 3.05) is 0 Å². The predicted molar refractivity (Wildman–Crippen MR) is 90.3 cm³/mol. The fourth-order valence-electron chi connectivity index (χ4n) is 2.61. The maximum absolute atomic E-state index is 3.88. The lowest BCUT2D eigenvalue weighted by atomic mass is 9.93. The van der Waals surface area contributed by atoms with Gasteiger partial charge in [-0.1, -0.05) is 67.8 Å². The molecule has 0 amide bonds. The summed E-state index contributed by atoms with van der Waals surface area (Å²) in [6, 6.07) is 10.9. The molecule has 0 aliphatic carbocycles. The highest BCUT2D eigenvalue weighted by atomic mass is 79.9. The highest BCUT2D eigenvalue weighted by Gasteiger charge is 2.18. The van der Waals surface area contributed by atoms with Crippen LogP contribution in [-0.2, 0) is 0 Å². The fourth-order valence-corrected chi connectivity index (χ4v) is 4.52. The van der Waals surface area contributed by atoms with Crippen molar-refractivity contribution in [3.63, 3.8) is 0 Å². The van der Waals surface area contributed by atoms with E-state index in [-0.39, 0.29) is 4.83 Å². The number of hydrogen-bond donors (Lipinski definition) is 0. The molecule has 0 aliphatic rings. The summed E-state index contributed by atoms with van der Waals surface area (Å²) >= 11 is 7.59. The molecular weight excluding hydrogens is 364 g/mol. The molecule has 2 aromatic rings. The van der Waals surface area contributed by atoms with E-state index >= 15 is 0 Å². The first kappa shape index (κ1) is 14.8. The molecule has 0 saturated heterocycles. The molecule has 0 heterocycles. The van der Waals surface area contributed by atoms with Gasteiger partial charge in [0.25, 0.3) is 0 Å². The largest absolute Gasteiger partial charge is 0.0786 e. The van der Waals surface area contributed by atoms with Crippen LogP contribution in [0.25, 0.3) is 0 Å². The van der Waals surface area contributed by atoms with Crippen molar-refractivity contribution in [1.29, 1.82) is 0 Å². The summed E-state index contributed by atoms with van der Waals surface area (Å²) in [5.74, 6) is 0. The standard InChI is InChI=1S/C17H18Br2/c1-10-8-12(3)15(13(4)9-10)17(19)14-7-5-6-11(2)16(14)18/h5-9,17H,1-4H3. The van der Waals surface area contributed by atoms with Gasteiger partial charge in [0.15, 0.2) is 0 Å². The van der Waals surface area contributed by atoms with E-state index in [9.17, 15) is 0 Å². The normalized spacial score (nSPS) is 12.5. The van der Waals surface area contributed by atoms with Crippen molar-refractivity contribution < 1.29 is 0 Å². The lowest BCUT2D eigenvalue weighted by molar-refractivity contribution is 1.09. The number of alkyl halides is 1. The number of benzene rings is 2. The molecule has 0 aromatic heterocycles. The molecule has 0 N–H and O–H groups in total. The molecule has 0 aliphatic heterocycles. The van der Waals surface area contributed by atoms with Crippen molar-refractivity contribution in [3.05, 3.63) is 68.2 Å². The second-order valence-corrected chi connectivity index (χ2v) is 6.86. The Balaban J connectivity index is 2.56. The van der Waals surface area contributed by atoms with Crippen LogP contribution in [0.15, 0.2) is 34.8 Å². The van der Waals surface area contributed by atoms with E-state index in [1.807, 2.05) is 0 Å². The molecule has 2 heteroatoms. The maximum Gasteiger partial charge on any atom is 0.0660 e. The molecule has 19 heavy (non-hydrogen) atoms. The van der Waals surface area contributed by atoms with Crippen LogP contribution in [0.2, 0.25) is 0 Å². The third-order valence-corrected chi connectivity index (χ3v) is 5.52. The maximum atomic E-state index is 3.88. The van der Waals surface area contributed by atoms with Crippen LogP contribution < -0.4 is 0 Å². The Morgan fingerprint density at radius 1 is 0.895 bits per heavy atom. The van der Waals surface area contributed by atoms with Crippen molar-refractivity contribution >= 4 is 31.9 Å². The zero-order valence-electron chi connectivity index (χ0n) is 11.7. The molecule has 1 unspecified atom stereocenters. The summed E-state index contributed by atoms with van der Waals surface area (Å²) < 4.78 is 1.19. The van der Waals surface area contributed by atoms with Crippen molar-refractivity contribution in [3.8, 4) is 0 Å². The third kappa shape index (κ3) is 2.95. The Morgan fingerprint density at radius 3 is 2.05 bits per heavy atom. The van der Waals surface area contributed by atoms with Crippen LogP contribution in [-0.4, -0.2) is 0 Å². The molecule has 1 atom stereocenters. The fraction of sp³-hybridized carbons (Fsp3) is 0.294. The van der Waals surface area contributed by atoms with Crippen molar-refractivity contribution in [1.82, 2.24) is 0 Å². The van der Waals surface area contributed by atoms with Crippen molar-refractivity contribution in [2.45, 2.75) is 32.5 Å². The summed E-state index contributed by atoms with van der Waals surface area (Å²) in [6.07, 6.45) is 0. The summed E-state index contributed by atoms with van der Waals surface area (Å²) in [5, 5.41) is 0. The molecule has 2 aromatic carbocycles. The average molecular weight is 382 g/mol. The Hall–Kier alpha value is -0.600. The van der Waals surface area contributed by atoms with E-state index in [1.54, 1.807) is 0 Å². The van der Waals surface area contributed by atoms with Crippen LogP contribution >= 0.6 is 31.9 Å². The van der Waals surface area contributed by atoms with Crippen LogP contribution in [0.1, 0.15) is 38.2 Å². The SMILES string of the molecule is Cc1cc(C)c(C(Br)c2cccc(C)c2Br)c(C)c1. The Morgan fingerprint density at radius 2 is 1.47 bits per heavy atom. The minimum atomic E-state index is 0.224. The van der Waals surface area contributed by atoms with Gasteiger partial charge < -0.3 is 0 Å². The van der Waals surface area contributed by atoms with E-state index < -0.39 is 0 Å². The van der Waals surface area contributed by atoms with Gasteiger partial charge in [0.05, 0.1) is 4.83 Å². The molecule has 0 bridgehead atoms. The monoisotopic (exact) mass is 380 g/mol. The minimum absolute atomic E-state index is 0.224. The molecule has 0 radical (unpaired) electrons. The van der Waals surface area contributed by atoms with Gasteiger partial charge in [-0.25, -0.2) is 0 Å². The van der Waals surface area contributed by atoms with Gasteiger partial charge in [0, 0.05) is 4.47 Å². The minimum Gasteiger partial charge on any atom is -0.0786 e. The van der Waals surface area contributed by atoms with Crippen LogP contribution in [0.3, 0.4) is 0 Å². The second kappa shape index (κ2) is 5.80. The van der Waals surface area contributed by atoms with Crippen LogP contribution in [0.4, 0.5) is 0 Å². The Kier molecular flexibility index (Phi) is 4.52. The first-order valence-electron chi connectivity index (χ1n) is 6.38. The molecule has 0 nitrogen and oxygen atoms in total. The smallest absolute Gasteiger partial charge is 0.0660 e. The van der Waals surface area contributed by atoms with Crippen molar-refractivity contribution in [2.24, 2.45) is 0 Å². The molecular formula is C17H18Br2. The van der Waals surface area contributed by atoms with Gasteiger partial charge in [-0.05, 0) is 55.5 Å². The number of halogens is 2. The summed E-state index contributed by atoms with van der Waals surface area (Å²) in [7, 11) is 0. The molecule has 0 saturated carbocycles. The van der Waals surface area contributed by atoms with Crippen LogP contribution in [0.5, 0.6) is 0 Å². The lowest BCUT2D eigenvalue weighted by Gasteiger charge is -2.19. The first-order valence-corrected chi connectivity index (χ1v) is 8.09. The van der Waals surface area contributed by atoms with Gasteiger partial charge in [0.2, 0.25) is 0 Å². The lowest BCUT2D eigenvalue weighted by Crippen LogP contribution is -2.01. The molecule has 100 valence electrons. The Bertz CT molecular complexity index is 592. The van der Waals surface area contributed by atoms with Gasteiger partial charge >= 0.3 is 0 Å².